The molecule has 0 saturated carbocycles. The number of methoxy groups -OCH3 is 1. The van der Waals surface area contributed by atoms with Gasteiger partial charge in [0.15, 0.2) is 5.65 Å². The summed E-state index contributed by atoms with van der Waals surface area (Å²) in [5.41, 5.74) is 2.84. The van der Waals surface area contributed by atoms with Gasteiger partial charge in [-0.25, -0.2) is 9.50 Å². The summed E-state index contributed by atoms with van der Waals surface area (Å²) in [4.78, 5) is 17.3. The molecule has 4 heterocycles. The molecule has 1 aliphatic rings. The van der Waals surface area contributed by atoms with E-state index in [2.05, 4.69) is 26.6 Å². The van der Waals surface area contributed by atoms with Crippen LogP contribution in [0.5, 0.6) is 5.75 Å². The van der Waals surface area contributed by atoms with Crippen molar-refractivity contribution in [1.82, 2.24) is 24.4 Å². The third-order valence-electron chi connectivity index (χ3n) is 5.08. The van der Waals surface area contributed by atoms with Crippen molar-refractivity contribution in [2.45, 2.75) is 6.04 Å². The van der Waals surface area contributed by atoms with E-state index in [0.717, 1.165) is 0 Å². The molecule has 10 heteroatoms. The predicted molar refractivity (Wildman–Crippen MR) is 110 cm³/mol. The molecule has 1 fully saturated rings. The predicted octanol–water partition coefficient (Wildman–Crippen LogP) is 2.30. The fourth-order valence-corrected chi connectivity index (χ4v) is 3.38. The van der Waals surface area contributed by atoms with E-state index in [9.17, 15) is 10.1 Å². The van der Waals surface area contributed by atoms with Crippen LogP contribution in [0.3, 0.4) is 0 Å². The van der Waals surface area contributed by atoms with Crippen molar-refractivity contribution in [3.8, 4) is 23.1 Å². The van der Waals surface area contributed by atoms with Gasteiger partial charge in [-0.05, 0) is 24.3 Å². The summed E-state index contributed by atoms with van der Waals surface area (Å²) in [6.07, 6.45) is 6.56. The molecule has 0 unspecified atom stereocenters. The number of fused-ring (bicyclic) bond motifs is 1. The number of carbonyl (C=O) groups excluding carboxylic acids is 1. The topological polar surface area (TPSA) is 119 Å². The highest BCUT2D eigenvalue weighted by Gasteiger charge is 2.26. The number of anilines is 1. The Kier molecular flexibility index (Phi) is 4.57. The van der Waals surface area contributed by atoms with Crippen molar-refractivity contribution in [2.24, 2.45) is 0 Å². The fraction of sp³-hybridized carbons (Fsp3) is 0.190. The molecule has 3 aromatic heterocycles. The molecule has 1 aromatic carbocycles. The third-order valence-corrected chi connectivity index (χ3v) is 5.08. The number of nitriles is 1. The summed E-state index contributed by atoms with van der Waals surface area (Å²) in [5, 5.41) is 21.1. The van der Waals surface area contributed by atoms with Crippen LogP contribution in [0, 0.1) is 11.3 Å². The van der Waals surface area contributed by atoms with E-state index in [1.165, 1.54) is 10.7 Å². The van der Waals surface area contributed by atoms with Crippen LogP contribution >= 0.6 is 0 Å². The maximum absolute atomic E-state index is 13.1. The monoisotopic (exact) mass is 415 g/mol. The molecular formula is C21H17N7O3. The molecule has 1 saturated heterocycles. The standard InChI is InChI=1S/C21H17N7O3/c1-30-18-4-3-13(8-22)7-15(18)19-17(10-28(26-19)14-11-31-12-14)25-21(29)16-9-24-27-6-2-5-23-20(16)27/h2-7,9-10,14H,11-12H2,1H3,(H,25,29). The summed E-state index contributed by atoms with van der Waals surface area (Å²) in [6.45, 7) is 1.09. The first-order valence-corrected chi connectivity index (χ1v) is 9.53. The second-order valence-corrected chi connectivity index (χ2v) is 6.99. The summed E-state index contributed by atoms with van der Waals surface area (Å²) >= 11 is 0. The van der Waals surface area contributed by atoms with Gasteiger partial charge in [-0.2, -0.15) is 15.5 Å². The van der Waals surface area contributed by atoms with E-state index in [0.29, 0.717) is 52.7 Å². The van der Waals surface area contributed by atoms with Gasteiger partial charge in [0.2, 0.25) is 0 Å². The summed E-state index contributed by atoms with van der Waals surface area (Å²) < 4.78 is 14.1. The van der Waals surface area contributed by atoms with Crippen LogP contribution in [0.1, 0.15) is 22.0 Å². The van der Waals surface area contributed by atoms with Crippen LogP contribution in [-0.2, 0) is 4.74 Å². The molecule has 0 aliphatic carbocycles. The number of rotatable bonds is 5. The van der Waals surface area contributed by atoms with Crippen molar-refractivity contribution in [1.29, 1.82) is 5.26 Å². The normalized spacial score (nSPS) is 13.5. The van der Waals surface area contributed by atoms with E-state index in [1.807, 2.05) is 0 Å². The van der Waals surface area contributed by atoms with Crippen molar-refractivity contribution in [3.63, 3.8) is 0 Å². The van der Waals surface area contributed by atoms with E-state index in [-0.39, 0.29) is 11.9 Å². The van der Waals surface area contributed by atoms with E-state index < -0.39 is 0 Å². The summed E-state index contributed by atoms with van der Waals surface area (Å²) in [6, 6.07) is 9.01. The maximum atomic E-state index is 13.1. The first-order chi connectivity index (χ1) is 15.2. The zero-order valence-corrected chi connectivity index (χ0v) is 16.5. The minimum Gasteiger partial charge on any atom is -0.496 e. The van der Waals surface area contributed by atoms with Gasteiger partial charge in [0.25, 0.3) is 5.91 Å². The van der Waals surface area contributed by atoms with Gasteiger partial charge < -0.3 is 14.8 Å². The number of aromatic nitrogens is 5. The Labute approximate surface area is 176 Å². The van der Waals surface area contributed by atoms with E-state index >= 15 is 0 Å². The zero-order valence-electron chi connectivity index (χ0n) is 16.5. The van der Waals surface area contributed by atoms with Gasteiger partial charge in [0.05, 0.1) is 49.9 Å². The SMILES string of the molecule is COc1ccc(C#N)cc1-c1nn(C2COC2)cc1NC(=O)c1cnn2cccnc12. The van der Waals surface area contributed by atoms with E-state index in [1.54, 1.807) is 54.6 Å². The van der Waals surface area contributed by atoms with E-state index in [4.69, 9.17) is 9.47 Å². The van der Waals surface area contributed by atoms with Crippen molar-refractivity contribution in [3.05, 3.63) is 60.2 Å². The van der Waals surface area contributed by atoms with Gasteiger partial charge in [-0.3, -0.25) is 9.48 Å². The highest BCUT2D eigenvalue weighted by atomic mass is 16.5. The lowest BCUT2D eigenvalue weighted by molar-refractivity contribution is -0.0285. The van der Waals surface area contributed by atoms with Crippen LogP contribution in [0.4, 0.5) is 5.69 Å². The Bertz CT molecular complexity index is 1330. The minimum atomic E-state index is -0.366. The lowest BCUT2D eigenvalue weighted by Gasteiger charge is -2.25. The Morgan fingerprint density at radius 1 is 1.39 bits per heavy atom. The Morgan fingerprint density at radius 3 is 3.00 bits per heavy atom. The molecule has 0 radical (unpaired) electrons. The number of nitrogens with zero attached hydrogens (tertiary/aromatic N) is 6. The minimum absolute atomic E-state index is 0.0770. The van der Waals surface area contributed by atoms with Crippen LogP contribution in [-0.4, -0.2) is 50.6 Å². The van der Waals surface area contributed by atoms with Crippen LogP contribution < -0.4 is 10.1 Å². The second-order valence-electron chi connectivity index (χ2n) is 6.99. The number of amides is 1. The largest absolute Gasteiger partial charge is 0.496 e. The quantitative estimate of drug-likeness (QED) is 0.531. The Morgan fingerprint density at radius 2 is 2.26 bits per heavy atom. The van der Waals surface area contributed by atoms with Gasteiger partial charge >= 0.3 is 0 Å². The van der Waals surface area contributed by atoms with Gasteiger partial charge in [0, 0.05) is 24.2 Å². The average Bonchev–Trinajstić information content (AvgIpc) is 3.36. The molecule has 1 aliphatic heterocycles. The third kappa shape index (κ3) is 3.27. The number of hydrogen-bond acceptors (Lipinski definition) is 7. The molecule has 10 nitrogen and oxygen atoms in total. The lowest BCUT2D eigenvalue weighted by Crippen LogP contribution is -2.30. The van der Waals surface area contributed by atoms with Crippen LogP contribution in [0.15, 0.2) is 49.1 Å². The smallest absolute Gasteiger partial charge is 0.261 e. The molecule has 0 spiro atoms. The first-order valence-electron chi connectivity index (χ1n) is 9.53. The molecule has 0 bridgehead atoms. The average molecular weight is 415 g/mol. The van der Waals surface area contributed by atoms with Crippen molar-refractivity contribution >= 4 is 17.2 Å². The number of carbonyl (C=O) groups is 1. The number of ether oxygens (including phenoxy) is 2. The molecule has 154 valence electrons. The molecular weight excluding hydrogens is 398 g/mol. The Hall–Kier alpha value is -4.23. The molecule has 1 amide bonds. The first kappa shape index (κ1) is 18.8. The molecule has 1 N–H and O–H groups in total. The number of hydrogen-bond donors (Lipinski definition) is 1. The second kappa shape index (κ2) is 7.55. The maximum Gasteiger partial charge on any atom is 0.261 e. The zero-order chi connectivity index (χ0) is 21.4. The molecule has 0 atom stereocenters. The van der Waals surface area contributed by atoms with Crippen molar-refractivity contribution < 1.29 is 14.3 Å². The summed E-state index contributed by atoms with van der Waals surface area (Å²) in [5.74, 6) is 0.178. The van der Waals surface area contributed by atoms with Gasteiger partial charge in [-0.1, -0.05) is 0 Å². The van der Waals surface area contributed by atoms with Gasteiger partial charge in [-0.15, -0.1) is 0 Å². The number of benzene rings is 1. The highest BCUT2D eigenvalue weighted by Crippen LogP contribution is 2.36. The number of nitrogens with one attached hydrogen (secondary N) is 1. The Balaban J connectivity index is 1.58. The van der Waals surface area contributed by atoms with Crippen LogP contribution in [0.25, 0.3) is 16.9 Å². The fourth-order valence-electron chi connectivity index (χ4n) is 3.38. The highest BCUT2D eigenvalue weighted by molar-refractivity contribution is 6.09. The molecule has 31 heavy (non-hydrogen) atoms. The lowest BCUT2D eigenvalue weighted by atomic mass is 10.1. The summed E-state index contributed by atoms with van der Waals surface area (Å²) in [7, 11) is 1.55. The molecule has 4 aromatic rings. The molecule has 5 rings (SSSR count). The van der Waals surface area contributed by atoms with Gasteiger partial charge in [0.1, 0.15) is 17.0 Å². The van der Waals surface area contributed by atoms with Crippen molar-refractivity contribution in [2.75, 3.05) is 25.6 Å². The van der Waals surface area contributed by atoms with Crippen LogP contribution in [0.2, 0.25) is 0 Å².